The molecule has 1 atom stereocenters. The summed E-state index contributed by atoms with van der Waals surface area (Å²) in [6, 6.07) is 19.3. The summed E-state index contributed by atoms with van der Waals surface area (Å²) in [4.78, 5) is 26.9. The molecule has 32 heavy (non-hydrogen) atoms. The predicted octanol–water partition coefficient (Wildman–Crippen LogP) is 2.71. The normalized spacial score (nSPS) is 16.2. The van der Waals surface area contributed by atoms with Gasteiger partial charge in [-0.1, -0.05) is 65.9 Å². The number of hydrogen-bond acceptors (Lipinski definition) is 6. The van der Waals surface area contributed by atoms with Crippen LogP contribution in [0.1, 0.15) is 41.0 Å². The average molecular weight is 434 g/mol. The monoisotopic (exact) mass is 434 g/mol. The lowest BCUT2D eigenvalue weighted by Gasteiger charge is -2.34. The van der Waals surface area contributed by atoms with E-state index in [1.807, 2.05) is 60.7 Å². The highest BCUT2D eigenvalue weighted by atomic mass is 16.5. The molecule has 1 saturated heterocycles. The van der Waals surface area contributed by atoms with Gasteiger partial charge in [-0.25, -0.2) is 4.68 Å². The van der Waals surface area contributed by atoms with E-state index in [9.17, 15) is 9.59 Å². The summed E-state index contributed by atoms with van der Waals surface area (Å²) in [5.41, 5.74) is 2.31. The van der Waals surface area contributed by atoms with Crippen molar-refractivity contribution in [3.63, 3.8) is 0 Å². The van der Waals surface area contributed by atoms with Gasteiger partial charge < -0.3 is 14.4 Å². The summed E-state index contributed by atoms with van der Waals surface area (Å²) >= 11 is 0. The molecule has 2 heterocycles. The van der Waals surface area contributed by atoms with Gasteiger partial charge in [-0.15, -0.1) is 5.10 Å². The van der Waals surface area contributed by atoms with E-state index in [4.69, 9.17) is 9.47 Å². The van der Waals surface area contributed by atoms with Crippen molar-refractivity contribution in [2.24, 2.45) is 0 Å². The van der Waals surface area contributed by atoms with Crippen LogP contribution >= 0.6 is 0 Å². The number of amides is 1. The predicted molar refractivity (Wildman–Crippen MR) is 117 cm³/mol. The van der Waals surface area contributed by atoms with E-state index in [-0.39, 0.29) is 42.7 Å². The van der Waals surface area contributed by atoms with Crippen LogP contribution in [0.25, 0.3) is 0 Å². The standard InChI is InChI=1S/C24H26N4O4/c1-2-32-22(29)15-20-17-31-14-13-27(20)24(30)21-16-28(26-25-21)23(18-9-5-3-6-10-18)19-11-7-4-8-12-19/h3-12,16,20,23H,2,13-15,17H2,1H3/t20-/m0/s1. The maximum absolute atomic E-state index is 13.3. The van der Waals surface area contributed by atoms with E-state index < -0.39 is 0 Å². The van der Waals surface area contributed by atoms with Gasteiger partial charge in [0.1, 0.15) is 6.04 Å². The molecule has 0 saturated carbocycles. The first kappa shape index (κ1) is 21.7. The van der Waals surface area contributed by atoms with Crippen LogP contribution < -0.4 is 0 Å². The molecule has 0 bridgehead atoms. The summed E-state index contributed by atoms with van der Waals surface area (Å²) in [6.07, 6.45) is 1.76. The molecule has 1 aromatic heterocycles. The van der Waals surface area contributed by atoms with E-state index in [0.29, 0.717) is 19.8 Å². The molecule has 2 aromatic carbocycles. The Morgan fingerprint density at radius 2 is 1.75 bits per heavy atom. The van der Waals surface area contributed by atoms with Crippen LogP contribution in [0.4, 0.5) is 0 Å². The van der Waals surface area contributed by atoms with Crippen LogP contribution in [0.3, 0.4) is 0 Å². The third-order valence-corrected chi connectivity index (χ3v) is 5.42. The van der Waals surface area contributed by atoms with E-state index >= 15 is 0 Å². The number of nitrogens with zero attached hydrogens (tertiary/aromatic N) is 4. The minimum atomic E-state index is -0.389. The van der Waals surface area contributed by atoms with Crippen LogP contribution in [-0.4, -0.2) is 64.2 Å². The second kappa shape index (κ2) is 10.2. The summed E-state index contributed by atoms with van der Waals surface area (Å²) in [6.45, 7) is 3.14. The number of carbonyl (C=O) groups excluding carboxylic acids is 2. The lowest BCUT2D eigenvalue weighted by molar-refractivity contribution is -0.145. The Labute approximate surface area is 186 Å². The fourth-order valence-corrected chi connectivity index (χ4v) is 3.92. The highest BCUT2D eigenvalue weighted by Crippen LogP contribution is 2.26. The molecule has 3 aromatic rings. The largest absolute Gasteiger partial charge is 0.466 e. The van der Waals surface area contributed by atoms with Crippen LogP contribution in [0, 0.1) is 0 Å². The first-order valence-electron chi connectivity index (χ1n) is 10.7. The van der Waals surface area contributed by atoms with E-state index in [1.165, 1.54) is 0 Å². The minimum Gasteiger partial charge on any atom is -0.466 e. The van der Waals surface area contributed by atoms with Crippen molar-refractivity contribution in [2.45, 2.75) is 25.4 Å². The fourth-order valence-electron chi connectivity index (χ4n) is 3.92. The Morgan fingerprint density at radius 1 is 1.09 bits per heavy atom. The van der Waals surface area contributed by atoms with Crippen molar-refractivity contribution in [3.05, 3.63) is 83.7 Å². The molecule has 8 nitrogen and oxygen atoms in total. The topological polar surface area (TPSA) is 86.5 Å². The fraction of sp³-hybridized carbons (Fsp3) is 0.333. The molecule has 4 rings (SSSR count). The molecule has 166 valence electrons. The Morgan fingerprint density at radius 3 is 2.38 bits per heavy atom. The maximum atomic E-state index is 13.3. The van der Waals surface area contributed by atoms with Crippen molar-refractivity contribution in [1.29, 1.82) is 0 Å². The van der Waals surface area contributed by atoms with E-state index in [1.54, 1.807) is 22.7 Å². The molecule has 1 aliphatic rings. The van der Waals surface area contributed by atoms with Gasteiger partial charge in [-0.3, -0.25) is 9.59 Å². The van der Waals surface area contributed by atoms with Gasteiger partial charge in [0, 0.05) is 6.54 Å². The highest BCUT2D eigenvalue weighted by Gasteiger charge is 2.32. The Hall–Kier alpha value is -3.52. The van der Waals surface area contributed by atoms with Crippen molar-refractivity contribution >= 4 is 11.9 Å². The quantitative estimate of drug-likeness (QED) is 0.532. The molecule has 8 heteroatoms. The number of rotatable bonds is 7. The molecular formula is C24H26N4O4. The average Bonchev–Trinajstić information content (AvgIpc) is 3.30. The summed E-state index contributed by atoms with van der Waals surface area (Å²) in [7, 11) is 0. The third kappa shape index (κ3) is 4.86. The van der Waals surface area contributed by atoms with Crippen LogP contribution in [0.15, 0.2) is 66.9 Å². The molecule has 1 fully saturated rings. The van der Waals surface area contributed by atoms with Crippen LogP contribution in [0.5, 0.6) is 0 Å². The molecule has 1 aliphatic heterocycles. The molecule has 1 amide bonds. The molecule has 0 N–H and O–H groups in total. The van der Waals surface area contributed by atoms with Crippen LogP contribution in [0.2, 0.25) is 0 Å². The van der Waals surface area contributed by atoms with Crippen molar-refractivity contribution in [3.8, 4) is 0 Å². The van der Waals surface area contributed by atoms with Gasteiger partial charge in [0.2, 0.25) is 0 Å². The zero-order chi connectivity index (χ0) is 22.3. The summed E-state index contributed by atoms with van der Waals surface area (Å²) < 4.78 is 12.2. The second-order valence-corrected chi connectivity index (χ2v) is 7.54. The number of benzene rings is 2. The zero-order valence-corrected chi connectivity index (χ0v) is 18.0. The van der Waals surface area contributed by atoms with Crippen molar-refractivity contribution < 1.29 is 19.1 Å². The molecular weight excluding hydrogens is 408 g/mol. The number of esters is 1. The van der Waals surface area contributed by atoms with Gasteiger partial charge >= 0.3 is 5.97 Å². The highest BCUT2D eigenvalue weighted by molar-refractivity contribution is 5.92. The van der Waals surface area contributed by atoms with E-state index in [0.717, 1.165) is 11.1 Å². The molecule has 0 unspecified atom stereocenters. The Bertz CT molecular complexity index is 999. The van der Waals surface area contributed by atoms with Gasteiger partial charge in [-0.05, 0) is 18.1 Å². The number of hydrogen-bond donors (Lipinski definition) is 0. The lowest BCUT2D eigenvalue weighted by Crippen LogP contribution is -2.49. The Balaban J connectivity index is 1.59. The SMILES string of the molecule is CCOC(=O)C[C@H]1COCCN1C(=O)c1cn(C(c2ccccc2)c2ccccc2)nn1. The smallest absolute Gasteiger partial charge is 0.307 e. The van der Waals surface area contributed by atoms with Gasteiger partial charge in [0.25, 0.3) is 5.91 Å². The number of morpholine rings is 1. The minimum absolute atomic E-state index is 0.0877. The zero-order valence-electron chi connectivity index (χ0n) is 18.0. The second-order valence-electron chi connectivity index (χ2n) is 7.54. The van der Waals surface area contributed by atoms with E-state index in [2.05, 4.69) is 10.3 Å². The third-order valence-electron chi connectivity index (χ3n) is 5.42. The number of ether oxygens (including phenoxy) is 2. The summed E-state index contributed by atoms with van der Waals surface area (Å²) in [5.74, 6) is -0.619. The number of aromatic nitrogens is 3. The maximum Gasteiger partial charge on any atom is 0.307 e. The molecule has 0 aliphatic carbocycles. The lowest BCUT2D eigenvalue weighted by atomic mass is 9.99. The van der Waals surface area contributed by atoms with Crippen LogP contribution in [-0.2, 0) is 14.3 Å². The number of carbonyl (C=O) groups is 2. The van der Waals surface area contributed by atoms with Crippen molar-refractivity contribution in [2.75, 3.05) is 26.4 Å². The first-order valence-corrected chi connectivity index (χ1v) is 10.7. The van der Waals surface area contributed by atoms with Crippen molar-refractivity contribution in [1.82, 2.24) is 19.9 Å². The Kier molecular flexibility index (Phi) is 6.91. The van der Waals surface area contributed by atoms with Gasteiger partial charge in [-0.2, -0.15) is 0 Å². The summed E-state index contributed by atoms with van der Waals surface area (Å²) in [5, 5.41) is 8.47. The molecule has 0 spiro atoms. The van der Waals surface area contributed by atoms with Gasteiger partial charge in [0.15, 0.2) is 5.69 Å². The van der Waals surface area contributed by atoms with Gasteiger partial charge in [0.05, 0.1) is 38.5 Å². The first-order chi connectivity index (χ1) is 15.7. The molecule has 0 radical (unpaired) electrons.